The van der Waals surface area contributed by atoms with Crippen molar-refractivity contribution in [1.29, 1.82) is 0 Å². The summed E-state index contributed by atoms with van der Waals surface area (Å²) in [5.41, 5.74) is 17.4. The molecule has 0 atom stereocenters. The lowest BCUT2D eigenvalue weighted by atomic mass is 9.84. The van der Waals surface area contributed by atoms with Gasteiger partial charge in [-0.05, 0) is 122 Å². The van der Waals surface area contributed by atoms with Gasteiger partial charge in [-0.25, -0.2) is 0 Å². The van der Waals surface area contributed by atoms with Gasteiger partial charge in [-0.2, -0.15) is 0 Å². The Morgan fingerprint density at radius 1 is 0.290 bits per heavy atom. The maximum absolute atomic E-state index is 2.31. The van der Waals surface area contributed by atoms with Gasteiger partial charge in [0.2, 0.25) is 0 Å². The van der Waals surface area contributed by atoms with Crippen LogP contribution < -0.4 is 0 Å². The van der Waals surface area contributed by atoms with E-state index < -0.39 is 0 Å². The monoisotopic (exact) mass is 798 g/mol. The molecule has 9 aromatic carbocycles. The second-order valence-electron chi connectivity index (χ2n) is 18.6. The molecule has 62 heavy (non-hydrogen) atoms. The third kappa shape index (κ3) is 8.34. The van der Waals surface area contributed by atoms with E-state index in [-0.39, 0.29) is 10.8 Å². The van der Waals surface area contributed by atoms with Crippen molar-refractivity contribution in [2.75, 3.05) is 0 Å². The van der Waals surface area contributed by atoms with Crippen LogP contribution >= 0.6 is 0 Å². The van der Waals surface area contributed by atoms with Crippen LogP contribution in [0.4, 0.5) is 0 Å². The molecule has 0 radical (unpaired) electrons. The highest BCUT2D eigenvalue weighted by Crippen LogP contribution is 2.44. The van der Waals surface area contributed by atoms with Gasteiger partial charge >= 0.3 is 0 Å². The van der Waals surface area contributed by atoms with Gasteiger partial charge in [0, 0.05) is 0 Å². The molecular formula is C62H54. The van der Waals surface area contributed by atoms with E-state index in [1.807, 2.05) is 0 Å². The molecule has 0 aliphatic carbocycles. The molecule has 0 aliphatic rings. The van der Waals surface area contributed by atoms with Gasteiger partial charge in [0.15, 0.2) is 0 Å². The van der Waals surface area contributed by atoms with Gasteiger partial charge in [-0.1, -0.05) is 248 Å². The summed E-state index contributed by atoms with van der Waals surface area (Å²) >= 11 is 0. The predicted molar refractivity (Wildman–Crippen MR) is 269 cm³/mol. The predicted octanol–water partition coefficient (Wildman–Crippen LogP) is 17.1. The molecule has 0 saturated carbocycles. The van der Waals surface area contributed by atoms with Crippen molar-refractivity contribution in [3.8, 4) is 22.3 Å². The Labute approximate surface area is 368 Å². The Morgan fingerprint density at radius 2 is 0.548 bits per heavy atom. The summed E-state index contributed by atoms with van der Waals surface area (Å²) < 4.78 is 0. The van der Waals surface area contributed by atoms with Gasteiger partial charge in [0.1, 0.15) is 0 Å². The summed E-state index contributed by atoms with van der Waals surface area (Å²) in [5.74, 6) is 0. The number of benzene rings is 9. The smallest absolute Gasteiger partial charge is 0.00264 e. The highest BCUT2D eigenvalue weighted by molar-refractivity contribution is 6.21. The molecule has 0 amide bonds. The Balaban J connectivity index is 1.13. The average Bonchev–Trinajstić information content (AvgIpc) is 3.30. The van der Waals surface area contributed by atoms with Crippen molar-refractivity contribution in [1.82, 2.24) is 0 Å². The number of hydrogen-bond donors (Lipinski definition) is 0. The van der Waals surface area contributed by atoms with Crippen LogP contribution in [-0.2, 0) is 10.8 Å². The highest BCUT2D eigenvalue weighted by atomic mass is 14.2. The third-order valence-electron chi connectivity index (χ3n) is 12.2. The Morgan fingerprint density at radius 3 is 0.823 bits per heavy atom. The molecule has 0 heterocycles. The minimum atomic E-state index is 0.0941. The second kappa shape index (κ2) is 16.8. The van der Waals surface area contributed by atoms with E-state index in [9.17, 15) is 0 Å². The number of fused-ring (bicyclic) bond motifs is 2. The first kappa shape index (κ1) is 40.4. The minimum absolute atomic E-state index is 0.0941. The van der Waals surface area contributed by atoms with Gasteiger partial charge in [0.25, 0.3) is 0 Å². The first-order chi connectivity index (χ1) is 30.0. The molecule has 0 bridgehead atoms. The van der Waals surface area contributed by atoms with Crippen LogP contribution in [0, 0.1) is 0 Å². The van der Waals surface area contributed by atoms with E-state index in [2.05, 4.69) is 260 Å². The fourth-order valence-electron chi connectivity index (χ4n) is 8.78. The van der Waals surface area contributed by atoms with Gasteiger partial charge in [0.05, 0.1) is 0 Å². The lowest BCUT2D eigenvalue weighted by Gasteiger charge is -2.20. The van der Waals surface area contributed by atoms with Crippen molar-refractivity contribution in [2.45, 2.75) is 52.4 Å². The molecule has 9 rings (SSSR count). The summed E-state index contributed by atoms with van der Waals surface area (Å²) in [6.07, 6.45) is 4.63. The van der Waals surface area contributed by atoms with E-state index in [1.54, 1.807) is 0 Å². The quantitative estimate of drug-likeness (QED) is 0.106. The Kier molecular flexibility index (Phi) is 10.9. The molecule has 0 spiro atoms. The molecule has 0 aliphatic heterocycles. The van der Waals surface area contributed by atoms with Crippen LogP contribution in [0.2, 0.25) is 0 Å². The van der Waals surface area contributed by atoms with Crippen molar-refractivity contribution in [3.05, 3.63) is 251 Å². The molecule has 0 fully saturated rings. The maximum atomic E-state index is 2.31. The first-order valence-electron chi connectivity index (χ1n) is 21.9. The zero-order valence-corrected chi connectivity index (χ0v) is 36.8. The molecule has 0 aromatic heterocycles. The summed E-state index contributed by atoms with van der Waals surface area (Å²) in [6.45, 7) is 13.6. The zero-order valence-electron chi connectivity index (χ0n) is 36.8. The molecular weight excluding hydrogens is 745 g/mol. The summed E-state index contributed by atoms with van der Waals surface area (Å²) in [6, 6.07) is 75.9. The highest BCUT2D eigenvalue weighted by Gasteiger charge is 2.19. The van der Waals surface area contributed by atoms with Crippen LogP contribution in [0.3, 0.4) is 0 Å². The van der Waals surface area contributed by atoms with Crippen LogP contribution in [0.5, 0.6) is 0 Å². The van der Waals surface area contributed by atoms with Crippen molar-refractivity contribution < 1.29 is 0 Å². The molecule has 0 nitrogen and oxygen atoms in total. The Hall–Kier alpha value is -7.02. The first-order valence-corrected chi connectivity index (χ1v) is 21.9. The lowest BCUT2D eigenvalue weighted by Crippen LogP contribution is -2.10. The van der Waals surface area contributed by atoms with E-state index in [4.69, 9.17) is 0 Å². The number of rotatable bonds is 8. The van der Waals surface area contributed by atoms with Crippen molar-refractivity contribution in [2.24, 2.45) is 0 Å². The van der Waals surface area contributed by atoms with Crippen LogP contribution in [-0.4, -0.2) is 0 Å². The second-order valence-corrected chi connectivity index (χ2v) is 18.6. The van der Waals surface area contributed by atoms with E-state index in [0.717, 1.165) is 0 Å². The van der Waals surface area contributed by atoms with Crippen molar-refractivity contribution in [3.63, 3.8) is 0 Å². The van der Waals surface area contributed by atoms with Gasteiger partial charge in [-0.3, -0.25) is 0 Å². The van der Waals surface area contributed by atoms with Crippen LogP contribution in [0.15, 0.2) is 206 Å². The standard InChI is InChI=1S/C62H54/c1-61(2,3)51-37-33-47(34-38-51)57(41-43-17-9-7-10-18-43)45-25-29-49(30-26-45)59-53-21-13-15-23-55(53)60(56-24-16-14-22-54(56)59)50-31-27-46(28-32-50)58(42-44-19-11-8-12-20-44)48-35-39-52(40-36-48)62(4,5)6/h7-42H,1-6H3. The molecule has 302 valence electrons. The minimum Gasteiger partial charge on any atom is -0.0622 e. The lowest BCUT2D eigenvalue weighted by molar-refractivity contribution is 0.590. The van der Waals surface area contributed by atoms with E-state index in [0.29, 0.717) is 0 Å². The van der Waals surface area contributed by atoms with Crippen LogP contribution in [0.25, 0.3) is 67.1 Å². The molecule has 0 N–H and O–H groups in total. The SMILES string of the molecule is CC(C)(C)c1ccc(C(=Cc2ccccc2)c2ccc(-c3c4ccccc4c(-c4ccc(C(=Cc5ccccc5)c5ccc(C(C)(C)C)cc5)cc4)c4ccccc34)cc2)cc1. The third-order valence-corrected chi connectivity index (χ3v) is 12.2. The fourth-order valence-corrected chi connectivity index (χ4v) is 8.78. The van der Waals surface area contributed by atoms with Gasteiger partial charge in [-0.15, -0.1) is 0 Å². The van der Waals surface area contributed by atoms with Gasteiger partial charge < -0.3 is 0 Å². The fraction of sp³-hybridized carbons (Fsp3) is 0.129. The zero-order chi connectivity index (χ0) is 42.8. The summed E-state index contributed by atoms with van der Waals surface area (Å²) in [4.78, 5) is 0. The van der Waals surface area contributed by atoms with Crippen molar-refractivity contribution >= 4 is 44.8 Å². The molecule has 0 heteroatoms. The Bertz CT molecular complexity index is 2770. The maximum Gasteiger partial charge on any atom is -0.00264 e. The van der Waals surface area contributed by atoms with E-state index in [1.165, 1.54) is 99.5 Å². The molecule has 0 saturated heterocycles. The van der Waals surface area contributed by atoms with E-state index >= 15 is 0 Å². The normalized spacial score (nSPS) is 12.5. The summed E-state index contributed by atoms with van der Waals surface area (Å²) in [7, 11) is 0. The topological polar surface area (TPSA) is 0 Å². The molecule has 9 aromatic rings. The largest absolute Gasteiger partial charge is 0.0622 e. The average molecular weight is 799 g/mol. The number of hydrogen-bond acceptors (Lipinski definition) is 0. The van der Waals surface area contributed by atoms with Crippen LogP contribution in [0.1, 0.15) is 86.1 Å². The summed E-state index contributed by atoms with van der Waals surface area (Å²) in [5, 5.41) is 5.00. The molecule has 0 unspecified atom stereocenters.